The van der Waals surface area contributed by atoms with Crippen molar-refractivity contribution in [2.24, 2.45) is 13.0 Å². The molecular formula is C17H24N4O2. The van der Waals surface area contributed by atoms with E-state index in [1.54, 1.807) is 17.1 Å². The first-order valence-corrected chi connectivity index (χ1v) is 8.15. The van der Waals surface area contributed by atoms with Crippen LogP contribution in [-0.2, 0) is 13.6 Å². The smallest absolute Gasteiger partial charge is 0.254 e. The number of nitrogens with one attached hydrogen (secondary N) is 1. The minimum atomic E-state index is -0.0289. The average Bonchev–Trinajstić information content (AvgIpc) is 3.17. The normalized spacial score (nSPS) is 19.0. The van der Waals surface area contributed by atoms with Gasteiger partial charge in [-0.2, -0.15) is 5.10 Å². The lowest BCUT2D eigenvalue weighted by molar-refractivity contribution is 0.0927. The van der Waals surface area contributed by atoms with Gasteiger partial charge in [-0.1, -0.05) is 0 Å². The van der Waals surface area contributed by atoms with E-state index in [0.717, 1.165) is 43.9 Å². The monoisotopic (exact) mass is 316 g/mol. The van der Waals surface area contributed by atoms with E-state index in [2.05, 4.69) is 15.3 Å². The Bertz CT molecular complexity index is 648. The minimum absolute atomic E-state index is 0.0289. The molecule has 1 amide bonds. The van der Waals surface area contributed by atoms with Gasteiger partial charge in [0.1, 0.15) is 5.76 Å². The van der Waals surface area contributed by atoms with Crippen molar-refractivity contribution in [1.82, 2.24) is 20.0 Å². The molecule has 1 aliphatic rings. The molecule has 2 aromatic rings. The number of carbonyl (C=O) groups excluding carboxylic acids is 1. The van der Waals surface area contributed by atoms with Crippen molar-refractivity contribution in [2.75, 3.05) is 19.6 Å². The maximum absolute atomic E-state index is 12.3. The lowest BCUT2D eigenvalue weighted by Crippen LogP contribution is -2.40. The van der Waals surface area contributed by atoms with E-state index in [9.17, 15) is 4.79 Å². The van der Waals surface area contributed by atoms with Crippen LogP contribution in [-0.4, -0.2) is 40.2 Å². The van der Waals surface area contributed by atoms with E-state index in [-0.39, 0.29) is 5.91 Å². The number of hydrogen-bond donors (Lipinski definition) is 1. The number of rotatable bonds is 5. The Labute approximate surface area is 136 Å². The summed E-state index contributed by atoms with van der Waals surface area (Å²) in [7, 11) is 1.85. The lowest BCUT2D eigenvalue weighted by Gasteiger charge is -2.32. The molecule has 0 aromatic carbocycles. The summed E-state index contributed by atoms with van der Waals surface area (Å²) in [4.78, 5) is 14.7. The van der Waals surface area contributed by atoms with Crippen LogP contribution in [0, 0.1) is 12.8 Å². The zero-order valence-electron chi connectivity index (χ0n) is 13.8. The van der Waals surface area contributed by atoms with E-state index in [0.29, 0.717) is 18.0 Å². The van der Waals surface area contributed by atoms with E-state index in [1.807, 2.05) is 26.1 Å². The van der Waals surface area contributed by atoms with E-state index in [4.69, 9.17) is 4.42 Å². The zero-order chi connectivity index (χ0) is 16.2. The van der Waals surface area contributed by atoms with Gasteiger partial charge < -0.3 is 9.73 Å². The molecule has 1 fully saturated rings. The number of carbonyl (C=O) groups is 1. The second-order valence-electron chi connectivity index (χ2n) is 6.30. The highest BCUT2D eigenvalue weighted by Gasteiger charge is 2.22. The molecule has 124 valence electrons. The SMILES string of the molecule is Cc1c(C(=O)NCC2CCCN(Cc3ccco3)C2)cnn1C. The zero-order valence-corrected chi connectivity index (χ0v) is 13.8. The Balaban J connectivity index is 1.50. The van der Waals surface area contributed by atoms with Crippen LogP contribution in [0.15, 0.2) is 29.0 Å². The fraction of sp³-hybridized carbons (Fsp3) is 0.529. The largest absolute Gasteiger partial charge is 0.468 e. The highest BCUT2D eigenvalue weighted by atomic mass is 16.3. The van der Waals surface area contributed by atoms with Gasteiger partial charge in [-0.3, -0.25) is 14.4 Å². The third-order valence-electron chi connectivity index (χ3n) is 4.59. The Morgan fingerprint density at radius 3 is 3.09 bits per heavy atom. The maximum atomic E-state index is 12.3. The molecule has 0 bridgehead atoms. The number of piperidine rings is 1. The molecule has 0 saturated carbocycles. The molecule has 1 aliphatic heterocycles. The van der Waals surface area contributed by atoms with Crippen molar-refractivity contribution in [1.29, 1.82) is 0 Å². The summed E-state index contributed by atoms with van der Waals surface area (Å²) in [6.45, 7) is 5.55. The summed E-state index contributed by atoms with van der Waals surface area (Å²) in [5.41, 5.74) is 1.56. The Kier molecular flexibility index (Phi) is 4.81. The molecule has 23 heavy (non-hydrogen) atoms. The van der Waals surface area contributed by atoms with Gasteiger partial charge in [0.15, 0.2) is 0 Å². The molecular weight excluding hydrogens is 292 g/mol. The van der Waals surface area contributed by atoms with Gasteiger partial charge in [-0.05, 0) is 44.4 Å². The van der Waals surface area contributed by atoms with Gasteiger partial charge in [0.25, 0.3) is 5.91 Å². The van der Waals surface area contributed by atoms with Gasteiger partial charge in [-0.25, -0.2) is 0 Å². The highest BCUT2D eigenvalue weighted by Crippen LogP contribution is 2.18. The van der Waals surface area contributed by atoms with E-state index < -0.39 is 0 Å². The number of furan rings is 1. The van der Waals surface area contributed by atoms with Crippen molar-refractivity contribution in [3.05, 3.63) is 41.6 Å². The van der Waals surface area contributed by atoms with Crippen LogP contribution in [0.5, 0.6) is 0 Å². The summed E-state index contributed by atoms with van der Waals surface area (Å²) < 4.78 is 7.15. The Morgan fingerprint density at radius 1 is 1.52 bits per heavy atom. The van der Waals surface area contributed by atoms with Gasteiger partial charge in [0.2, 0.25) is 0 Å². The molecule has 0 aliphatic carbocycles. The number of aryl methyl sites for hydroxylation is 1. The molecule has 0 radical (unpaired) electrons. The van der Waals surface area contributed by atoms with Gasteiger partial charge in [0, 0.05) is 25.8 Å². The average molecular weight is 316 g/mol. The summed E-state index contributed by atoms with van der Waals surface area (Å²) >= 11 is 0. The van der Waals surface area contributed by atoms with Crippen LogP contribution in [0.25, 0.3) is 0 Å². The molecule has 1 unspecified atom stereocenters. The summed E-state index contributed by atoms with van der Waals surface area (Å²) in [5.74, 6) is 1.46. The molecule has 2 aromatic heterocycles. The number of nitrogens with zero attached hydrogens (tertiary/aromatic N) is 3. The maximum Gasteiger partial charge on any atom is 0.254 e. The first-order valence-electron chi connectivity index (χ1n) is 8.15. The molecule has 0 spiro atoms. The molecule has 6 nitrogen and oxygen atoms in total. The van der Waals surface area contributed by atoms with Crippen LogP contribution in [0.2, 0.25) is 0 Å². The first-order chi connectivity index (χ1) is 11.1. The number of amides is 1. The molecule has 1 atom stereocenters. The predicted octanol–water partition coefficient (Wildman–Crippen LogP) is 1.96. The van der Waals surface area contributed by atoms with Gasteiger partial charge in [-0.15, -0.1) is 0 Å². The van der Waals surface area contributed by atoms with Gasteiger partial charge in [0.05, 0.1) is 24.6 Å². The van der Waals surface area contributed by atoms with Crippen LogP contribution in [0.4, 0.5) is 0 Å². The summed E-state index contributed by atoms with van der Waals surface area (Å²) in [6.07, 6.45) is 5.66. The quantitative estimate of drug-likeness (QED) is 0.916. The summed E-state index contributed by atoms with van der Waals surface area (Å²) in [6, 6.07) is 3.93. The fourth-order valence-electron chi connectivity index (χ4n) is 3.14. The molecule has 3 rings (SSSR count). The van der Waals surface area contributed by atoms with Crippen LogP contribution >= 0.6 is 0 Å². The third kappa shape index (κ3) is 3.82. The molecule has 6 heteroatoms. The standard InChI is InChI=1S/C17H24N4O2/c1-13-16(10-19-20(13)2)17(22)18-9-14-5-3-7-21(11-14)12-15-6-4-8-23-15/h4,6,8,10,14H,3,5,7,9,11-12H2,1-2H3,(H,18,22). The molecule has 1 saturated heterocycles. The second-order valence-corrected chi connectivity index (χ2v) is 6.30. The fourth-order valence-corrected chi connectivity index (χ4v) is 3.14. The highest BCUT2D eigenvalue weighted by molar-refractivity contribution is 5.95. The summed E-state index contributed by atoms with van der Waals surface area (Å²) in [5, 5.41) is 7.18. The van der Waals surface area contributed by atoms with Crippen molar-refractivity contribution in [3.63, 3.8) is 0 Å². The minimum Gasteiger partial charge on any atom is -0.468 e. The van der Waals surface area contributed by atoms with Crippen LogP contribution in [0.3, 0.4) is 0 Å². The third-order valence-corrected chi connectivity index (χ3v) is 4.59. The van der Waals surface area contributed by atoms with Crippen LogP contribution < -0.4 is 5.32 Å². The van der Waals surface area contributed by atoms with Gasteiger partial charge >= 0.3 is 0 Å². The number of likely N-dealkylation sites (tertiary alicyclic amines) is 1. The van der Waals surface area contributed by atoms with Crippen LogP contribution in [0.1, 0.15) is 34.7 Å². The Hall–Kier alpha value is -2.08. The Morgan fingerprint density at radius 2 is 2.39 bits per heavy atom. The number of hydrogen-bond acceptors (Lipinski definition) is 4. The van der Waals surface area contributed by atoms with Crippen molar-refractivity contribution in [2.45, 2.75) is 26.3 Å². The molecule has 1 N–H and O–H groups in total. The lowest BCUT2D eigenvalue weighted by atomic mass is 9.97. The molecule has 3 heterocycles. The predicted molar refractivity (Wildman–Crippen MR) is 87.0 cm³/mol. The number of aromatic nitrogens is 2. The van der Waals surface area contributed by atoms with E-state index in [1.165, 1.54) is 0 Å². The van der Waals surface area contributed by atoms with Crippen molar-refractivity contribution in [3.8, 4) is 0 Å². The first kappa shape index (κ1) is 15.8. The topological polar surface area (TPSA) is 63.3 Å². The van der Waals surface area contributed by atoms with E-state index >= 15 is 0 Å². The van der Waals surface area contributed by atoms with Crippen molar-refractivity contribution < 1.29 is 9.21 Å². The second kappa shape index (κ2) is 7.00. The van der Waals surface area contributed by atoms with Crippen molar-refractivity contribution >= 4 is 5.91 Å².